The van der Waals surface area contributed by atoms with E-state index in [1.165, 1.54) is 0 Å². The first-order chi connectivity index (χ1) is 10.5. The van der Waals surface area contributed by atoms with Crippen LogP contribution >= 0.6 is 0 Å². The smallest absolute Gasteiger partial charge is 0.151 e. The van der Waals surface area contributed by atoms with E-state index in [-0.39, 0.29) is 17.9 Å². The Morgan fingerprint density at radius 3 is 2.91 bits per heavy atom. The molecular formula is C16H24N2O3S. The van der Waals surface area contributed by atoms with Gasteiger partial charge in [0.25, 0.3) is 0 Å². The molecule has 2 aliphatic heterocycles. The van der Waals surface area contributed by atoms with E-state index in [2.05, 4.69) is 22.9 Å². The normalized spacial score (nSPS) is 27.5. The summed E-state index contributed by atoms with van der Waals surface area (Å²) in [4.78, 5) is 6.74. The second-order valence-corrected chi connectivity index (χ2v) is 8.62. The molecule has 3 heterocycles. The van der Waals surface area contributed by atoms with Gasteiger partial charge in [0.15, 0.2) is 9.84 Å². The Morgan fingerprint density at radius 1 is 1.41 bits per heavy atom. The van der Waals surface area contributed by atoms with Gasteiger partial charge in [-0.3, -0.25) is 9.88 Å². The van der Waals surface area contributed by atoms with Gasteiger partial charge < -0.3 is 4.74 Å². The van der Waals surface area contributed by atoms with Crippen LogP contribution in [0.25, 0.3) is 0 Å². The van der Waals surface area contributed by atoms with Crippen molar-refractivity contribution in [3.8, 4) is 0 Å². The minimum absolute atomic E-state index is 0.0932. The molecule has 122 valence electrons. The van der Waals surface area contributed by atoms with Crippen molar-refractivity contribution >= 4 is 9.84 Å². The zero-order valence-corrected chi connectivity index (χ0v) is 13.9. The molecule has 1 aromatic rings. The number of hydrogen-bond donors (Lipinski definition) is 0. The van der Waals surface area contributed by atoms with E-state index in [9.17, 15) is 8.42 Å². The molecule has 6 heteroatoms. The molecule has 2 aliphatic rings. The fraction of sp³-hybridized carbons (Fsp3) is 0.688. The quantitative estimate of drug-likeness (QED) is 0.822. The molecule has 5 nitrogen and oxygen atoms in total. The summed E-state index contributed by atoms with van der Waals surface area (Å²) in [6.07, 6.45) is 4.92. The second kappa shape index (κ2) is 6.64. The fourth-order valence-electron chi connectivity index (χ4n) is 3.33. The first-order valence-corrected chi connectivity index (χ1v) is 9.82. The topological polar surface area (TPSA) is 59.5 Å². The van der Waals surface area contributed by atoms with Gasteiger partial charge in [-0.05, 0) is 37.8 Å². The Kier molecular flexibility index (Phi) is 4.80. The molecule has 22 heavy (non-hydrogen) atoms. The van der Waals surface area contributed by atoms with Crippen LogP contribution in [0.4, 0.5) is 0 Å². The van der Waals surface area contributed by atoms with Crippen LogP contribution in [-0.2, 0) is 21.1 Å². The Hall–Kier alpha value is -0.980. The maximum atomic E-state index is 11.8. The van der Waals surface area contributed by atoms with Crippen molar-refractivity contribution in [3.63, 3.8) is 0 Å². The van der Waals surface area contributed by atoms with Gasteiger partial charge in [0.2, 0.25) is 0 Å². The van der Waals surface area contributed by atoms with Gasteiger partial charge in [-0.1, -0.05) is 6.07 Å². The zero-order chi connectivity index (χ0) is 15.6. The van der Waals surface area contributed by atoms with Crippen LogP contribution in [0.5, 0.6) is 0 Å². The van der Waals surface area contributed by atoms with Gasteiger partial charge in [-0.2, -0.15) is 0 Å². The summed E-state index contributed by atoms with van der Waals surface area (Å²) in [7, 11) is -2.88. The van der Waals surface area contributed by atoms with Crippen molar-refractivity contribution in [2.75, 3.05) is 24.7 Å². The molecule has 0 spiro atoms. The number of aryl methyl sites for hydroxylation is 1. The van der Waals surface area contributed by atoms with Crippen molar-refractivity contribution in [2.24, 2.45) is 0 Å². The third-order valence-electron chi connectivity index (χ3n) is 4.66. The standard InChI is InChI=1S/C16H24N2O3S/c1-13-4-2-7-17-16(13)11-18(10-15-5-3-8-21-15)14-6-9-22(19,20)12-14/h2,4,7,14-15H,3,5-6,8-12H2,1H3/t14-,15-/m1/s1. The van der Waals surface area contributed by atoms with Crippen LogP contribution in [0.2, 0.25) is 0 Å². The Morgan fingerprint density at radius 2 is 2.27 bits per heavy atom. The Balaban J connectivity index is 1.75. The monoisotopic (exact) mass is 324 g/mol. The molecule has 2 fully saturated rings. The third-order valence-corrected chi connectivity index (χ3v) is 6.41. The predicted octanol–water partition coefficient (Wildman–Crippen LogP) is 1.56. The van der Waals surface area contributed by atoms with Crippen molar-refractivity contribution in [3.05, 3.63) is 29.6 Å². The molecule has 2 saturated heterocycles. The lowest BCUT2D eigenvalue weighted by molar-refractivity contribution is 0.0568. The highest BCUT2D eigenvalue weighted by Gasteiger charge is 2.34. The van der Waals surface area contributed by atoms with Crippen molar-refractivity contribution in [1.82, 2.24) is 9.88 Å². The highest BCUT2D eigenvalue weighted by molar-refractivity contribution is 7.91. The van der Waals surface area contributed by atoms with E-state index in [1.807, 2.05) is 6.07 Å². The van der Waals surface area contributed by atoms with E-state index in [0.717, 1.165) is 43.7 Å². The van der Waals surface area contributed by atoms with E-state index < -0.39 is 9.84 Å². The van der Waals surface area contributed by atoms with Crippen LogP contribution < -0.4 is 0 Å². The molecular weight excluding hydrogens is 300 g/mol. The molecule has 0 amide bonds. The maximum Gasteiger partial charge on any atom is 0.151 e. The minimum Gasteiger partial charge on any atom is -0.377 e. The summed E-state index contributed by atoms with van der Waals surface area (Å²) in [5, 5.41) is 0. The lowest BCUT2D eigenvalue weighted by atomic mass is 10.1. The molecule has 0 unspecified atom stereocenters. The SMILES string of the molecule is Cc1cccnc1CN(C[C@H]1CCCO1)[C@@H]1CCS(=O)(=O)C1. The molecule has 0 radical (unpaired) electrons. The number of aromatic nitrogens is 1. The van der Waals surface area contributed by atoms with Crippen LogP contribution in [-0.4, -0.2) is 55.1 Å². The summed E-state index contributed by atoms with van der Waals surface area (Å²) < 4.78 is 29.4. The zero-order valence-electron chi connectivity index (χ0n) is 13.1. The maximum absolute atomic E-state index is 11.8. The number of sulfone groups is 1. The third kappa shape index (κ3) is 3.86. The number of nitrogens with zero attached hydrogens (tertiary/aromatic N) is 2. The van der Waals surface area contributed by atoms with Crippen LogP contribution in [0.3, 0.4) is 0 Å². The number of pyridine rings is 1. The van der Waals surface area contributed by atoms with Gasteiger partial charge in [0, 0.05) is 31.9 Å². The molecule has 2 atom stereocenters. The van der Waals surface area contributed by atoms with Crippen LogP contribution in [0, 0.1) is 6.92 Å². The van der Waals surface area contributed by atoms with Crippen LogP contribution in [0.15, 0.2) is 18.3 Å². The van der Waals surface area contributed by atoms with Gasteiger partial charge in [-0.25, -0.2) is 8.42 Å². The predicted molar refractivity (Wildman–Crippen MR) is 85.4 cm³/mol. The first kappa shape index (κ1) is 15.9. The van der Waals surface area contributed by atoms with Crippen molar-refractivity contribution in [2.45, 2.75) is 44.9 Å². The lowest BCUT2D eigenvalue weighted by Gasteiger charge is -2.30. The molecule has 0 aromatic carbocycles. The summed E-state index contributed by atoms with van der Waals surface area (Å²) >= 11 is 0. The van der Waals surface area contributed by atoms with Crippen molar-refractivity contribution < 1.29 is 13.2 Å². The summed E-state index contributed by atoms with van der Waals surface area (Å²) in [6, 6.07) is 4.08. The van der Waals surface area contributed by atoms with Gasteiger partial charge in [-0.15, -0.1) is 0 Å². The van der Waals surface area contributed by atoms with Crippen LogP contribution in [0.1, 0.15) is 30.5 Å². The van der Waals surface area contributed by atoms with E-state index in [4.69, 9.17) is 4.74 Å². The number of ether oxygens (including phenoxy) is 1. The average molecular weight is 324 g/mol. The average Bonchev–Trinajstić information content (AvgIpc) is 3.10. The largest absolute Gasteiger partial charge is 0.377 e. The Labute approximate surface area is 132 Å². The van der Waals surface area contributed by atoms with E-state index in [1.54, 1.807) is 6.20 Å². The number of rotatable bonds is 5. The van der Waals surface area contributed by atoms with E-state index in [0.29, 0.717) is 12.3 Å². The Bertz CT molecular complexity index is 612. The van der Waals surface area contributed by atoms with Gasteiger partial charge in [0.1, 0.15) is 0 Å². The summed E-state index contributed by atoms with van der Waals surface area (Å²) in [6.45, 7) is 4.38. The molecule has 0 saturated carbocycles. The molecule has 0 bridgehead atoms. The first-order valence-electron chi connectivity index (χ1n) is 8.00. The molecule has 0 N–H and O–H groups in total. The second-order valence-electron chi connectivity index (χ2n) is 6.39. The summed E-state index contributed by atoms with van der Waals surface area (Å²) in [5.41, 5.74) is 2.19. The minimum atomic E-state index is -2.88. The molecule has 0 aliphatic carbocycles. The molecule has 3 rings (SSSR count). The molecule has 1 aromatic heterocycles. The number of hydrogen-bond acceptors (Lipinski definition) is 5. The summed E-state index contributed by atoms with van der Waals surface area (Å²) in [5.74, 6) is 0.576. The lowest BCUT2D eigenvalue weighted by Crippen LogP contribution is -2.41. The van der Waals surface area contributed by atoms with Crippen molar-refractivity contribution in [1.29, 1.82) is 0 Å². The highest BCUT2D eigenvalue weighted by atomic mass is 32.2. The van der Waals surface area contributed by atoms with E-state index >= 15 is 0 Å². The van der Waals surface area contributed by atoms with Gasteiger partial charge >= 0.3 is 0 Å². The highest BCUT2D eigenvalue weighted by Crippen LogP contribution is 2.23. The fourth-order valence-corrected chi connectivity index (χ4v) is 5.09. The van der Waals surface area contributed by atoms with Gasteiger partial charge in [0.05, 0.1) is 23.3 Å².